The predicted molar refractivity (Wildman–Crippen MR) is 100.0 cm³/mol. The van der Waals surface area contributed by atoms with Crippen LogP contribution in [0.15, 0.2) is 0 Å². The van der Waals surface area contributed by atoms with Gasteiger partial charge in [0.2, 0.25) is 23.6 Å². The Bertz CT molecular complexity index is 654. The number of nitrogens with zero attached hydrogens (tertiary/aromatic N) is 1. The maximum atomic E-state index is 13.0. The number of carboxylic acid groups (broad SMARTS) is 1. The van der Waals surface area contributed by atoms with E-state index in [-0.39, 0.29) is 19.4 Å². The largest absolute Gasteiger partial charge is 0.480 e. The zero-order valence-electron chi connectivity index (χ0n) is 16.5. The lowest BCUT2D eigenvalue weighted by molar-refractivity contribution is -0.144. The van der Waals surface area contributed by atoms with Gasteiger partial charge in [-0.1, -0.05) is 0 Å². The number of carbonyl (C=O) groups is 5. The van der Waals surface area contributed by atoms with Crippen LogP contribution in [0.3, 0.4) is 0 Å². The van der Waals surface area contributed by atoms with E-state index in [4.69, 9.17) is 16.6 Å². The summed E-state index contributed by atoms with van der Waals surface area (Å²) in [5.41, 5.74) is 10.7. The molecule has 1 saturated heterocycles. The minimum atomic E-state index is -1.28. The fourth-order valence-corrected chi connectivity index (χ4v) is 2.91. The van der Waals surface area contributed by atoms with E-state index in [9.17, 15) is 29.1 Å². The standard InChI is InChI=1S/C17H29N5O7/c1-8(17(28)29)20-14(25)11-4-3-7-22(11)16(27)10(5-6-12(18)24)21-15(26)13(19)9(2)23/h8-11,13,23H,3-7,19H2,1-2H3,(H2,18,24)(H,20,25)(H,21,26)(H,28,29). The average molecular weight is 415 g/mol. The second-order valence-corrected chi connectivity index (χ2v) is 7.09. The van der Waals surface area contributed by atoms with Crippen LogP contribution in [0, 0.1) is 0 Å². The molecule has 164 valence electrons. The molecule has 12 heteroatoms. The first-order valence-corrected chi connectivity index (χ1v) is 9.31. The number of amides is 4. The quantitative estimate of drug-likeness (QED) is 0.217. The van der Waals surface area contributed by atoms with E-state index in [0.717, 1.165) is 0 Å². The molecule has 0 bridgehead atoms. The van der Waals surface area contributed by atoms with Crippen LogP contribution in [0.2, 0.25) is 0 Å². The number of aliphatic carboxylic acids is 1. The van der Waals surface area contributed by atoms with Crippen LogP contribution in [-0.2, 0) is 24.0 Å². The van der Waals surface area contributed by atoms with E-state index in [2.05, 4.69) is 10.6 Å². The number of hydrogen-bond donors (Lipinski definition) is 6. The van der Waals surface area contributed by atoms with Crippen molar-refractivity contribution < 1.29 is 34.2 Å². The number of carboxylic acids is 1. The van der Waals surface area contributed by atoms with Crippen molar-refractivity contribution in [1.29, 1.82) is 0 Å². The fraction of sp³-hybridized carbons (Fsp3) is 0.706. The molecule has 0 saturated carbocycles. The normalized spacial score (nSPS) is 20.3. The van der Waals surface area contributed by atoms with Gasteiger partial charge in [0.05, 0.1) is 6.10 Å². The van der Waals surface area contributed by atoms with Crippen molar-refractivity contribution in [3.63, 3.8) is 0 Å². The Balaban J connectivity index is 2.94. The molecule has 5 unspecified atom stereocenters. The first-order chi connectivity index (χ1) is 13.5. The van der Waals surface area contributed by atoms with Crippen LogP contribution in [0.25, 0.3) is 0 Å². The highest BCUT2D eigenvalue weighted by atomic mass is 16.4. The minimum absolute atomic E-state index is 0.108. The van der Waals surface area contributed by atoms with E-state index in [0.29, 0.717) is 12.8 Å². The molecule has 1 rings (SSSR count). The second-order valence-electron chi connectivity index (χ2n) is 7.09. The molecular formula is C17H29N5O7. The van der Waals surface area contributed by atoms with Gasteiger partial charge in [-0.15, -0.1) is 0 Å². The Hall–Kier alpha value is -2.73. The Morgan fingerprint density at radius 3 is 2.31 bits per heavy atom. The molecule has 12 nitrogen and oxygen atoms in total. The van der Waals surface area contributed by atoms with Gasteiger partial charge in [0.1, 0.15) is 24.2 Å². The lowest BCUT2D eigenvalue weighted by atomic mass is 10.1. The molecule has 0 radical (unpaired) electrons. The molecule has 1 heterocycles. The van der Waals surface area contributed by atoms with Gasteiger partial charge in [-0.2, -0.15) is 0 Å². The highest BCUT2D eigenvalue weighted by molar-refractivity contribution is 5.94. The molecule has 4 amide bonds. The monoisotopic (exact) mass is 415 g/mol. The maximum Gasteiger partial charge on any atom is 0.325 e. The number of carbonyl (C=O) groups excluding carboxylic acids is 4. The van der Waals surface area contributed by atoms with Crippen LogP contribution in [-0.4, -0.2) is 81.5 Å². The number of rotatable bonds is 10. The number of nitrogens with one attached hydrogen (secondary N) is 2. The van der Waals surface area contributed by atoms with Crippen LogP contribution in [0.4, 0.5) is 0 Å². The number of aliphatic hydroxyl groups excluding tert-OH is 1. The number of nitrogens with two attached hydrogens (primary N) is 2. The van der Waals surface area contributed by atoms with Gasteiger partial charge in [-0.05, 0) is 33.1 Å². The molecule has 8 N–H and O–H groups in total. The SMILES string of the molecule is CC(NC(=O)C1CCCN1C(=O)C(CCC(N)=O)NC(=O)C(N)C(C)O)C(=O)O. The number of likely N-dealkylation sites (tertiary alicyclic amines) is 1. The highest BCUT2D eigenvalue weighted by Crippen LogP contribution is 2.20. The molecule has 0 aromatic carbocycles. The number of primary amides is 1. The zero-order chi connectivity index (χ0) is 22.3. The second kappa shape index (κ2) is 10.7. The number of hydrogen-bond acceptors (Lipinski definition) is 7. The lowest BCUT2D eigenvalue weighted by Crippen LogP contribution is -2.57. The third-order valence-electron chi connectivity index (χ3n) is 4.68. The zero-order valence-corrected chi connectivity index (χ0v) is 16.5. The maximum absolute atomic E-state index is 13.0. The summed E-state index contributed by atoms with van der Waals surface area (Å²) >= 11 is 0. The van der Waals surface area contributed by atoms with Gasteiger partial charge in [0.15, 0.2) is 0 Å². The first kappa shape index (κ1) is 24.3. The van der Waals surface area contributed by atoms with Crippen LogP contribution in [0.5, 0.6) is 0 Å². The summed E-state index contributed by atoms with van der Waals surface area (Å²) < 4.78 is 0. The summed E-state index contributed by atoms with van der Waals surface area (Å²) in [5.74, 6) is -3.91. The molecule has 5 atom stereocenters. The molecule has 1 aliphatic rings. The van der Waals surface area contributed by atoms with E-state index in [1.807, 2.05) is 0 Å². The molecule has 29 heavy (non-hydrogen) atoms. The summed E-state index contributed by atoms with van der Waals surface area (Å²) in [6.07, 6.45) is -0.628. The summed E-state index contributed by atoms with van der Waals surface area (Å²) in [6, 6.07) is -4.49. The molecule has 1 fully saturated rings. The molecule has 0 aromatic heterocycles. The lowest BCUT2D eigenvalue weighted by Gasteiger charge is -2.29. The average Bonchev–Trinajstić information content (AvgIpc) is 3.13. The molecular weight excluding hydrogens is 386 g/mol. The Morgan fingerprint density at radius 2 is 1.79 bits per heavy atom. The van der Waals surface area contributed by atoms with Crippen molar-refractivity contribution in [3.8, 4) is 0 Å². The summed E-state index contributed by atoms with van der Waals surface area (Å²) in [4.78, 5) is 60.9. The van der Waals surface area contributed by atoms with Gasteiger partial charge >= 0.3 is 5.97 Å². The molecule has 0 spiro atoms. The van der Waals surface area contributed by atoms with Crippen molar-refractivity contribution in [3.05, 3.63) is 0 Å². The smallest absolute Gasteiger partial charge is 0.325 e. The van der Waals surface area contributed by atoms with Gasteiger partial charge < -0.3 is 37.2 Å². The van der Waals surface area contributed by atoms with Crippen LogP contribution < -0.4 is 22.1 Å². The van der Waals surface area contributed by atoms with Crippen molar-refractivity contribution in [2.75, 3.05) is 6.54 Å². The van der Waals surface area contributed by atoms with Crippen molar-refractivity contribution in [2.45, 2.75) is 69.8 Å². The van der Waals surface area contributed by atoms with Crippen LogP contribution in [0.1, 0.15) is 39.5 Å². The minimum Gasteiger partial charge on any atom is -0.480 e. The van der Waals surface area contributed by atoms with Gasteiger partial charge in [0, 0.05) is 13.0 Å². The van der Waals surface area contributed by atoms with Crippen molar-refractivity contribution in [2.24, 2.45) is 11.5 Å². The van der Waals surface area contributed by atoms with Gasteiger partial charge in [-0.25, -0.2) is 0 Å². The fourth-order valence-electron chi connectivity index (χ4n) is 2.91. The molecule has 1 aliphatic heterocycles. The summed E-state index contributed by atoms with van der Waals surface area (Å²) in [5, 5.41) is 23.1. The van der Waals surface area contributed by atoms with Crippen molar-refractivity contribution >= 4 is 29.6 Å². The van der Waals surface area contributed by atoms with E-state index in [1.165, 1.54) is 18.7 Å². The summed E-state index contributed by atoms with van der Waals surface area (Å²) in [7, 11) is 0. The Morgan fingerprint density at radius 1 is 1.17 bits per heavy atom. The van der Waals surface area contributed by atoms with Crippen LogP contribution >= 0.6 is 0 Å². The molecule has 0 aromatic rings. The molecule has 0 aliphatic carbocycles. The topological polar surface area (TPSA) is 205 Å². The number of aliphatic hydroxyl groups is 1. The van der Waals surface area contributed by atoms with E-state index >= 15 is 0 Å². The Kier molecular flexibility index (Phi) is 8.98. The predicted octanol–water partition coefficient (Wildman–Crippen LogP) is -2.97. The third-order valence-corrected chi connectivity index (χ3v) is 4.68. The highest BCUT2D eigenvalue weighted by Gasteiger charge is 2.38. The van der Waals surface area contributed by atoms with Gasteiger partial charge in [0.25, 0.3) is 0 Å². The third kappa shape index (κ3) is 6.98. The van der Waals surface area contributed by atoms with E-state index in [1.54, 1.807) is 0 Å². The Labute approximate surface area is 168 Å². The van der Waals surface area contributed by atoms with E-state index < -0.39 is 59.9 Å². The first-order valence-electron chi connectivity index (χ1n) is 9.31. The van der Waals surface area contributed by atoms with Gasteiger partial charge in [-0.3, -0.25) is 24.0 Å². The summed E-state index contributed by atoms with van der Waals surface area (Å²) in [6.45, 7) is 2.84. The van der Waals surface area contributed by atoms with Crippen molar-refractivity contribution in [1.82, 2.24) is 15.5 Å².